The van der Waals surface area contributed by atoms with E-state index < -0.39 is 13.9 Å². The minimum absolute atomic E-state index is 0.0141. The predicted octanol–water partition coefficient (Wildman–Crippen LogP) is 5.59. The summed E-state index contributed by atoms with van der Waals surface area (Å²) in [7, 11) is -1.94. The molecule has 1 aromatic carbocycles. The van der Waals surface area contributed by atoms with Gasteiger partial charge in [0.05, 0.1) is 12.1 Å². The van der Waals surface area contributed by atoms with Crippen molar-refractivity contribution in [3.05, 3.63) is 35.9 Å². The summed E-state index contributed by atoms with van der Waals surface area (Å²) < 4.78 is 12.5. The van der Waals surface area contributed by atoms with Gasteiger partial charge in [0.1, 0.15) is 11.7 Å². The van der Waals surface area contributed by atoms with Gasteiger partial charge in [-0.05, 0) is 57.3 Å². The summed E-state index contributed by atoms with van der Waals surface area (Å²) in [5.74, 6) is 0. The summed E-state index contributed by atoms with van der Waals surface area (Å²) in [6.07, 6.45) is 1.38. The molecule has 0 saturated carbocycles. The molecule has 0 radical (unpaired) electrons. The van der Waals surface area contributed by atoms with Crippen LogP contribution < -0.4 is 0 Å². The van der Waals surface area contributed by atoms with E-state index in [-0.39, 0.29) is 29.4 Å². The van der Waals surface area contributed by atoms with Crippen LogP contribution in [0.1, 0.15) is 59.9 Å². The van der Waals surface area contributed by atoms with Crippen molar-refractivity contribution in [2.45, 2.75) is 103 Å². The number of likely N-dealkylation sites (tertiary alicyclic amines) is 1. The van der Waals surface area contributed by atoms with E-state index in [1.807, 2.05) is 48.9 Å². The summed E-state index contributed by atoms with van der Waals surface area (Å²) in [6, 6.07) is 10.3. The molecule has 0 unspecified atom stereocenters. The second-order valence-electron chi connectivity index (χ2n) is 11.7. The predicted molar refractivity (Wildman–Crippen MR) is 130 cm³/mol. The summed E-state index contributed by atoms with van der Waals surface area (Å²) >= 11 is 0. The molecule has 2 aliphatic rings. The van der Waals surface area contributed by atoms with Crippen molar-refractivity contribution in [3.63, 3.8) is 0 Å². The van der Waals surface area contributed by atoms with Crippen LogP contribution in [0, 0.1) is 0 Å². The Morgan fingerprint density at radius 1 is 1.12 bits per heavy atom. The number of carbonyl (C=O) groups is 1. The number of hydrogen-bond acceptors (Lipinski definition) is 5. The molecule has 0 N–H and O–H groups in total. The highest BCUT2D eigenvalue weighted by Crippen LogP contribution is 2.40. The highest BCUT2D eigenvalue weighted by Gasteiger charge is 2.48. The van der Waals surface area contributed by atoms with Crippen LogP contribution in [0.25, 0.3) is 0 Å². The van der Waals surface area contributed by atoms with Crippen molar-refractivity contribution in [1.82, 2.24) is 9.96 Å². The van der Waals surface area contributed by atoms with E-state index >= 15 is 0 Å². The van der Waals surface area contributed by atoms with Crippen LogP contribution in [0.5, 0.6) is 0 Å². The molecule has 0 aliphatic carbocycles. The van der Waals surface area contributed by atoms with Gasteiger partial charge in [-0.3, -0.25) is 9.74 Å². The quantitative estimate of drug-likeness (QED) is 0.534. The zero-order chi connectivity index (χ0) is 23.7. The molecule has 2 saturated heterocycles. The molecule has 3 rings (SSSR count). The average molecular weight is 463 g/mol. The zero-order valence-corrected chi connectivity index (χ0v) is 22.2. The molecule has 0 bridgehead atoms. The standard InChI is InChI=1S/C25H42N2O4Si/c1-24(2,3)29-23(28)27-18-20(31-32(7,8)25(4,5)6)16-21(27)22-14-15-26(30-22)17-19-12-10-9-11-13-19/h9-13,20-22H,14-18H2,1-8H3/t20-,21+,22+/m1/s1. The van der Waals surface area contributed by atoms with Gasteiger partial charge >= 0.3 is 6.09 Å². The number of carbonyl (C=O) groups excluding carboxylic acids is 1. The maximum atomic E-state index is 13.1. The lowest BCUT2D eigenvalue weighted by molar-refractivity contribution is -0.166. The topological polar surface area (TPSA) is 51.2 Å². The van der Waals surface area contributed by atoms with Crippen molar-refractivity contribution in [3.8, 4) is 0 Å². The van der Waals surface area contributed by atoms with Crippen molar-refractivity contribution in [1.29, 1.82) is 0 Å². The normalized spacial score (nSPS) is 25.4. The Kier molecular flexibility index (Phi) is 7.44. The molecule has 180 valence electrons. The molecule has 3 atom stereocenters. The van der Waals surface area contributed by atoms with E-state index in [1.165, 1.54) is 5.56 Å². The van der Waals surface area contributed by atoms with Gasteiger partial charge in [-0.15, -0.1) is 0 Å². The second kappa shape index (κ2) is 9.45. The lowest BCUT2D eigenvalue weighted by Gasteiger charge is -2.38. The van der Waals surface area contributed by atoms with Gasteiger partial charge in [0.2, 0.25) is 0 Å². The monoisotopic (exact) mass is 462 g/mol. The summed E-state index contributed by atoms with van der Waals surface area (Å²) in [4.78, 5) is 21.3. The first-order valence-electron chi connectivity index (χ1n) is 11.9. The van der Waals surface area contributed by atoms with E-state index in [4.69, 9.17) is 14.0 Å². The number of hydrogen-bond donors (Lipinski definition) is 0. The number of amides is 1. The van der Waals surface area contributed by atoms with E-state index in [9.17, 15) is 4.79 Å². The van der Waals surface area contributed by atoms with Crippen molar-refractivity contribution < 1.29 is 18.8 Å². The molecule has 0 spiro atoms. The Morgan fingerprint density at radius 2 is 1.78 bits per heavy atom. The van der Waals surface area contributed by atoms with Crippen LogP contribution in [0.15, 0.2) is 30.3 Å². The first kappa shape index (κ1) is 25.2. The fourth-order valence-electron chi connectivity index (χ4n) is 4.12. The molecule has 2 heterocycles. The van der Waals surface area contributed by atoms with E-state index in [1.54, 1.807) is 0 Å². The minimum Gasteiger partial charge on any atom is -0.444 e. The van der Waals surface area contributed by atoms with Crippen molar-refractivity contribution in [2.75, 3.05) is 13.1 Å². The fraction of sp³-hybridized carbons (Fsp3) is 0.720. The number of rotatable bonds is 5. The molecule has 7 heteroatoms. The van der Waals surface area contributed by atoms with Crippen molar-refractivity contribution >= 4 is 14.4 Å². The summed E-state index contributed by atoms with van der Waals surface area (Å²) in [5, 5.41) is 2.15. The minimum atomic E-state index is -1.94. The fourth-order valence-corrected chi connectivity index (χ4v) is 5.48. The SMILES string of the molecule is CC(C)(C)OC(=O)N1C[C@H](O[Si](C)(C)C(C)(C)C)C[C@H]1[C@@H]1CCN(Cc2ccccc2)O1. The van der Waals surface area contributed by atoms with Gasteiger partial charge in [0.25, 0.3) is 0 Å². The molecule has 1 aromatic rings. The Hall–Kier alpha value is -1.41. The van der Waals surface area contributed by atoms with Crippen LogP contribution in [0.2, 0.25) is 18.1 Å². The van der Waals surface area contributed by atoms with E-state index in [0.717, 1.165) is 25.9 Å². The third-order valence-corrected chi connectivity index (χ3v) is 11.3. The van der Waals surface area contributed by atoms with Crippen LogP contribution in [-0.4, -0.2) is 61.3 Å². The Labute approximate surface area is 195 Å². The van der Waals surface area contributed by atoms with Crippen LogP contribution in [-0.2, 0) is 20.5 Å². The maximum absolute atomic E-state index is 13.1. The number of ether oxygens (including phenoxy) is 1. The molecule has 32 heavy (non-hydrogen) atoms. The lowest BCUT2D eigenvalue weighted by Crippen LogP contribution is -2.46. The molecule has 0 aromatic heterocycles. The number of hydroxylamine groups is 2. The Bertz CT molecular complexity index is 772. The average Bonchev–Trinajstić information content (AvgIpc) is 3.27. The molecular formula is C25H42N2O4Si. The van der Waals surface area contributed by atoms with Gasteiger partial charge in [-0.2, -0.15) is 5.06 Å². The second-order valence-corrected chi connectivity index (χ2v) is 16.5. The molecule has 2 aliphatic heterocycles. The van der Waals surface area contributed by atoms with Gasteiger partial charge in [-0.1, -0.05) is 51.1 Å². The highest BCUT2D eigenvalue weighted by molar-refractivity contribution is 6.74. The summed E-state index contributed by atoms with van der Waals surface area (Å²) in [6.45, 7) is 19.2. The van der Waals surface area contributed by atoms with E-state index in [0.29, 0.717) is 6.54 Å². The number of nitrogens with zero attached hydrogens (tertiary/aromatic N) is 2. The Balaban J connectivity index is 1.71. The highest BCUT2D eigenvalue weighted by atomic mass is 28.4. The maximum Gasteiger partial charge on any atom is 0.410 e. The van der Waals surface area contributed by atoms with Gasteiger partial charge < -0.3 is 9.16 Å². The third-order valence-electron chi connectivity index (χ3n) is 6.78. The largest absolute Gasteiger partial charge is 0.444 e. The number of benzene rings is 1. The first-order chi connectivity index (χ1) is 14.7. The van der Waals surface area contributed by atoms with Crippen LogP contribution in [0.4, 0.5) is 4.79 Å². The first-order valence-corrected chi connectivity index (χ1v) is 14.8. The molecule has 1 amide bonds. The third kappa shape index (κ3) is 6.34. The molecule has 6 nitrogen and oxygen atoms in total. The van der Waals surface area contributed by atoms with E-state index in [2.05, 4.69) is 46.0 Å². The Morgan fingerprint density at radius 3 is 2.38 bits per heavy atom. The van der Waals surface area contributed by atoms with Crippen LogP contribution >= 0.6 is 0 Å². The molecule has 2 fully saturated rings. The van der Waals surface area contributed by atoms with Gasteiger partial charge in [0.15, 0.2) is 8.32 Å². The smallest absolute Gasteiger partial charge is 0.410 e. The van der Waals surface area contributed by atoms with Crippen molar-refractivity contribution in [2.24, 2.45) is 0 Å². The summed E-state index contributed by atoms with van der Waals surface area (Å²) in [5.41, 5.74) is 0.693. The van der Waals surface area contributed by atoms with Crippen LogP contribution in [0.3, 0.4) is 0 Å². The zero-order valence-electron chi connectivity index (χ0n) is 21.2. The van der Waals surface area contributed by atoms with Gasteiger partial charge in [0, 0.05) is 19.6 Å². The van der Waals surface area contributed by atoms with Gasteiger partial charge in [-0.25, -0.2) is 4.79 Å². The molecular weight excluding hydrogens is 420 g/mol. The lowest BCUT2D eigenvalue weighted by atomic mass is 10.1.